The molecule has 0 aliphatic rings. The van der Waals surface area contributed by atoms with E-state index < -0.39 is 0 Å². The van der Waals surface area contributed by atoms with E-state index in [1.54, 1.807) is 0 Å². The first kappa shape index (κ1) is 14.6. The van der Waals surface area contributed by atoms with Crippen LogP contribution in [0, 0.1) is 0 Å². The normalized spacial score (nSPS) is 9.69. The lowest BCUT2D eigenvalue weighted by molar-refractivity contribution is -0.715. The molecule has 0 saturated carbocycles. The summed E-state index contributed by atoms with van der Waals surface area (Å²) in [5.41, 5.74) is 0. The molecule has 2 nitrogen and oxygen atoms in total. The van der Waals surface area contributed by atoms with E-state index in [1.165, 1.54) is 0 Å². The molecule has 1 rings (SSSR count). The van der Waals surface area contributed by atoms with Crippen molar-refractivity contribution in [2.75, 3.05) is 0 Å². The Bertz CT molecular complexity index is 214. The molecule has 0 aromatic carbocycles. The van der Waals surface area contributed by atoms with E-state index in [-0.39, 0.29) is 10.8 Å². The Morgan fingerprint density at radius 2 is 1.69 bits per heavy atom. The fourth-order valence-corrected chi connectivity index (χ4v) is 0.996. The Kier molecular flexibility index (Phi) is 6.36. The largest absolute Gasteiger partial charge is 1.00 e. The fraction of sp³-hybridized carbons (Fsp3) is 0.667. The molecule has 1 aromatic rings. The number of hydrogen-bond donors (Lipinski definition) is 0. The molecule has 0 fully saturated rings. The Morgan fingerprint density at radius 1 is 1.15 bits per heavy atom. The number of imidazole rings is 1. The molecular formula is C9H18F2N2. The van der Waals surface area contributed by atoms with Gasteiger partial charge >= 0.3 is 1.43 Å². The fourth-order valence-electron chi connectivity index (χ4n) is 0.996. The zero-order chi connectivity index (χ0) is 8.43. The third-order valence-electron chi connectivity index (χ3n) is 1.87. The van der Waals surface area contributed by atoms with Crippen molar-refractivity contribution in [1.82, 2.24) is 4.57 Å². The van der Waals surface area contributed by atoms with Crippen molar-refractivity contribution >= 4 is 0 Å². The second-order valence-corrected chi connectivity index (χ2v) is 3.50. The van der Waals surface area contributed by atoms with Crippen LogP contribution in [0.2, 0.25) is 0 Å². The molecule has 0 aliphatic heterocycles. The van der Waals surface area contributed by atoms with Crippen molar-refractivity contribution in [2.45, 2.75) is 39.8 Å². The van der Waals surface area contributed by atoms with Crippen molar-refractivity contribution in [1.29, 1.82) is 0 Å². The first-order valence-corrected chi connectivity index (χ1v) is 4.19. The minimum Gasteiger partial charge on any atom is -1.00 e. The van der Waals surface area contributed by atoms with Gasteiger partial charge < -0.3 is 9.41 Å². The molecule has 0 spiro atoms. The number of hydrogen-bond acceptors (Lipinski definition) is 0. The second kappa shape index (κ2) is 5.67. The molecule has 78 valence electrons. The van der Waals surface area contributed by atoms with Crippen LogP contribution < -0.4 is 14.0 Å². The highest BCUT2D eigenvalue weighted by molar-refractivity contribution is 4.70. The highest BCUT2D eigenvalue weighted by Crippen LogP contribution is 2.01. The van der Waals surface area contributed by atoms with Crippen LogP contribution in [-0.2, 0) is 0 Å². The van der Waals surface area contributed by atoms with Gasteiger partial charge in [0.1, 0.15) is 12.4 Å². The van der Waals surface area contributed by atoms with Gasteiger partial charge in [-0.15, -0.1) is 0 Å². The maximum atomic E-state index is 2.21. The Morgan fingerprint density at radius 3 is 1.92 bits per heavy atom. The predicted molar refractivity (Wildman–Crippen MR) is 46.5 cm³/mol. The highest BCUT2D eigenvalue weighted by atomic mass is 19.0. The molecule has 0 N–H and O–H groups in total. The summed E-state index contributed by atoms with van der Waals surface area (Å²) in [7, 11) is 0. The monoisotopic (exact) mass is 192 g/mol. The summed E-state index contributed by atoms with van der Waals surface area (Å²) in [6.45, 7) is 8.74. The van der Waals surface area contributed by atoms with Gasteiger partial charge in [-0.25, -0.2) is 9.13 Å². The molecule has 0 radical (unpaired) electrons. The Balaban J connectivity index is -0.000000403. The topological polar surface area (TPSA) is 8.81 Å². The van der Waals surface area contributed by atoms with Gasteiger partial charge in [0.25, 0.3) is 0 Å². The summed E-state index contributed by atoms with van der Waals surface area (Å²) >= 11 is 0. The van der Waals surface area contributed by atoms with Gasteiger partial charge in [0.2, 0.25) is 6.33 Å². The number of halogens is 2. The number of rotatable bonds is 2. The van der Waals surface area contributed by atoms with Crippen LogP contribution >= 0.6 is 0 Å². The van der Waals surface area contributed by atoms with Crippen LogP contribution in [0.25, 0.3) is 0 Å². The van der Waals surface area contributed by atoms with Crippen molar-refractivity contribution in [3.05, 3.63) is 18.7 Å². The van der Waals surface area contributed by atoms with Crippen LogP contribution in [0.3, 0.4) is 0 Å². The van der Waals surface area contributed by atoms with Crippen LogP contribution in [0.15, 0.2) is 18.7 Å². The predicted octanol–water partition coefficient (Wildman–Crippen LogP) is -3.94. The van der Waals surface area contributed by atoms with Gasteiger partial charge in [-0.05, 0) is 27.7 Å². The SMILES string of the molecule is CC(C)n1cc[n+](C(C)C)c1.[F-].[F-].[H+]. The van der Waals surface area contributed by atoms with E-state index in [9.17, 15) is 0 Å². The first-order valence-electron chi connectivity index (χ1n) is 4.19. The summed E-state index contributed by atoms with van der Waals surface area (Å²) in [6.07, 6.45) is 6.38. The zero-order valence-electron chi connectivity index (χ0n) is 9.54. The standard InChI is InChI=1S/C9H17N2.2FH/c1-8(2)10-5-6-11(7-10)9(3)4;;/h5-9H,1-4H3;2*1H/q+1;;/p-1. The van der Waals surface area contributed by atoms with E-state index in [2.05, 4.69) is 55.6 Å². The third kappa shape index (κ3) is 3.53. The lowest BCUT2D eigenvalue weighted by Crippen LogP contribution is -3.00. The van der Waals surface area contributed by atoms with Crippen LogP contribution in [-0.4, -0.2) is 4.57 Å². The van der Waals surface area contributed by atoms with Gasteiger partial charge in [-0.3, -0.25) is 0 Å². The summed E-state index contributed by atoms with van der Waals surface area (Å²) in [5, 5.41) is 0. The molecule has 0 saturated heterocycles. The highest BCUT2D eigenvalue weighted by Gasteiger charge is 2.08. The molecule has 4 heteroatoms. The van der Waals surface area contributed by atoms with Gasteiger partial charge in [-0.1, -0.05) is 0 Å². The quantitative estimate of drug-likeness (QED) is 0.423. The molecule has 0 unspecified atom stereocenters. The molecule has 0 bridgehead atoms. The van der Waals surface area contributed by atoms with E-state index >= 15 is 0 Å². The third-order valence-corrected chi connectivity index (χ3v) is 1.87. The van der Waals surface area contributed by atoms with E-state index in [1.807, 2.05) is 0 Å². The lowest BCUT2D eigenvalue weighted by atomic mass is 10.4. The van der Waals surface area contributed by atoms with Crippen molar-refractivity contribution in [3.8, 4) is 0 Å². The summed E-state index contributed by atoms with van der Waals surface area (Å²) in [4.78, 5) is 0. The summed E-state index contributed by atoms with van der Waals surface area (Å²) in [6, 6.07) is 1.13. The maximum absolute atomic E-state index is 2.21. The number of nitrogens with zero attached hydrogens (tertiary/aromatic N) is 2. The molecule has 1 heterocycles. The van der Waals surface area contributed by atoms with Crippen LogP contribution in [0.4, 0.5) is 0 Å². The first-order chi connectivity index (χ1) is 5.11. The Labute approximate surface area is 79.4 Å². The molecule has 0 amide bonds. The number of aromatic nitrogens is 2. The lowest BCUT2D eigenvalue weighted by Gasteiger charge is -1.99. The van der Waals surface area contributed by atoms with E-state index in [0.29, 0.717) is 12.1 Å². The molecular weight excluding hydrogens is 174 g/mol. The smallest absolute Gasteiger partial charge is 1.00 e. The minimum absolute atomic E-state index is 0. The van der Waals surface area contributed by atoms with Gasteiger partial charge in [-0.2, -0.15) is 0 Å². The van der Waals surface area contributed by atoms with Crippen molar-refractivity contribution < 1.29 is 15.4 Å². The van der Waals surface area contributed by atoms with Crippen molar-refractivity contribution in [3.63, 3.8) is 0 Å². The molecule has 13 heavy (non-hydrogen) atoms. The van der Waals surface area contributed by atoms with Crippen LogP contribution in [0.5, 0.6) is 0 Å². The molecule has 1 aromatic heterocycles. The Hall–Kier alpha value is -0.930. The molecule has 0 aliphatic carbocycles. The van der Waals surface area contributed by atoms with Gasteiger partial charge in [0, 0.05) is 0 Å². The maximum Gasteiger partial charge on any atom is 1.00 e. The zero-order valence-corrected chi connectivity index (χ0v) is 8.54. The minimum atomic E-state index is 0. The van der Waals surface area contributed by atoms with Gasteiger partial charge in [0.05, 0.1) is 12.1 Å². The van der Waals surface area contributed by atoms with Crippen molar-refractivity contribution in [2.24, 2.45) is 0 Å². The molecule has 0 atom stereocenters. The van der Waals surface area contributed by atoms with Crippen LogP contribution in [0.1, 0.15) is 41.2 Å². The van der Waals surface area contributed by atoms with Gasteiger partial charge in [0.15, 0.2) is 0 Å². The average Bonchev–Trinajstić information content (AvgIpc) is 2.33. The van der Waals surface area contributed by atoms with E-state index in [0.717, 1.165) is 0 Å². The average molecular weight is 192 g/mol. The van der Waals surface area contributed by atoms with E-state index in [4.69, 9.17) is 0 Å². The summed E-state index contributed by atoms with van der Waals surface area (Å²) < 4.78 is 4.42. The summed E-state index contributed by atoms with van der Waals surface area (Å²) in [5.74, 6) is 0. The second-order valence-electron chi connectivity index (χ2n) is 3.50.